The van der Waals surface area contributed by atoms with Gasteiger partial charge in [0.05, 0.1) is 17.2 Å². The molecule has 0 radical (unpaired) electrons. The van der Waals surface area contributed by atoms with Crippen LogP contribution in [0.5, 0.6) is 11.5 Å². The SMILES string of the molecule is COc1ccc(CNC(=O)C(c2ccc(Cl)c(Cl)c2)N(C(=O)CCc2ccc(O)cc2)C2CCC3CC2C3)cc1. The summed E-state index contributed by atoms with van der Waals surface area (Å²) in [6, 6.07) is 18.7. The number of benzene rings is 3. The number of hydrogen-bond acceptors (Lipinski definition) is 4. The van der Waals surface area contributed by atoms with Gasteiger partial charge in [0.25, 0.3) is 0 Å². The van der Waals surface area contributed by atoms with Crippen molar-refractivity contribution in [1.82, 2.24) is 10.2 Å². The number of carbonyl (C=O) groups is 2. The molecule has 2 amide bonds. The van der Waals surface area contributed by atoms with E-state index in [0.717, 1.165) is 48.5 Å². The van der Waals surface area contributed by atoms with Crippen LogP contribution in [-0.2, 0) is 22.6 Å². The van der Waals surface area contributed by atoms with Gasteiger partial charge in [0.1, 0.15) is 17.5 Å². The van der Waals surface area contributed by atoms with Gasteiger partial charge in [0, 0.05) is 19.0 Å². The summed E-state index contributed by atoms with van der Waals surface area (Å²) in [5.41, 5.74) is 2.52. The molecular formula is C32H34Cl2N2O4. The number of ether oxygens (including phenoxy) is 1. The maximum Gasteiger partial charge on any atom is 0.247 e. The number of carbonyl (C=O) groups excluding carboxylic acids is 2. The summed E-state index contributed by atoms with van der Waals surface area (Å²) in [5.74, 6) is 1.71. The quantitative estimate of drug-likeness (QED) is 0.279. The summed E-state index contributed by atoms with van der Waals surface area (Å²) in [6.45, 7) is 0.312. The number of fused-ring (bicyclic) bond motifs is 2. The number of amides is 2. The van der Waals surface area contributed by atoms with E-state index in [9.17, 15) is 14.7 Å². The number of aryl methyl sites for hydroxylation is 1. The number of nitrogens with zero attached hydrogens (tertiary/aromatic N) is 1. The Bertz CT molecular complexity index is 1340. The highest BCUT2D eigenvalue weighted by atomic mass is 35.5. The maximum atomic E-state index is 14.1. The molecule has 0 saturated heterocycles. The number of aromatic hydroxyl groups is 1. The molecule has 6 rings (SSSR count). The van der Waals surface area contributed by atoms with E-state index >= 15 is 0 Å². The molecular weight excluding hydrogens is 547 g/mol. The third-order valence-electron chi connectivity index (χ3n) is 8.31. The van der Waals surface area contributed by atoms with Crippen molar-refractivity contribution in [1.29, 1.82) is 0 Å². The molecule has 3 fully saturated rings. The van der Waals surface area contributed by atoms with Crippen molar-refractivity contribution in [2.45, 2.75) is 57.2 Å². The van der Waals surface area contributed by atoms with Crippen LogP contribution in [0.3, 0.4) is 0 Å². The first-order valence-corrected chi connectivity index (χ1v) is 14.5. The standard InChI is InChI=1S/C32H34Cl2N2O4/c1-40-26-11-4-21(5-12-26)19-35-32(39)31(23-8-13-27(33)28(34)18-23)36(29-14-6-22-16-24(29)17-22)30(38)15-7-20-2-9-25(37)10-3-20/h2-5,8-13,18,22,24,29,31,37H,6-7,14-17,19H2,1H3,(H,35,39). The fourth-order valence-electron chi connectivity index (χ4n) is 6.06. The Hall–Kier alpha value is -3.22. The Morgan fingerprint density at radius 2 is 1.68 bits per heavy atom. The van der Waals surface area contributed by atoms with E-state index < -0.39 is 6.04 Å². The second-order valence-electron chi connectivity index (χ2n) is 10.9. The summed E-state index contributed by atoms with van der Waals surface area (Å²) in [4.78, 5) is 29.9. The summed E-state index contributed by atoms with van der Waals surface area (Å²) in [7, 11) is 1.61. The molecule has 6 nitrogen and oxygen atoms in total. The van der Waals surface area contributed by atoms with Crippen LogP contribution in [0.2, 0.25) is 10.0 Å². The van der Waals surface area contributed by atoms with Crippen molar-refractivity contribution < 1.29 is 19.4 Å². The van der Waals surface area contributed by atoms with Crippen molar-refractivity contribution in [3.63, 3.8) is 0 Å². The van der Waals surface area contributed by atoms with Gasteiger partial charge in [-0.05, 0) is 97.0 Å². The minimum atomic E-state index is -0.845. The largest absolute Gasteiger partial charge is 0.508 e. The maximum absolute atomic E-state index is 14.1. The van der Waals surface area contributed by atoms with Gasteiger partial charge in [-0.3, -0.25) is 9.59 Å². The van der Waals surface area contributed by atoms with Gasteiger partial charge in [-0.2, -0.15) is 0 Å². The van der Waals surface area contributed by atoms with E-state index in [1.165, 1.54) is 0 Å². The smallest absolute Gasteiger partial charge is 0.247 e. The zero-order valence-electron chi connectivity index (χ0n) is 22.5. The van der Waals surface area contributed by atoms with Crippen LogP contribution in [0, 0.1) is 11.8 Å². The molecule has 2 bridgehead atoms. The molecule has 0 aliphatic heterocycles. The predicted molar refractivity (Wildman–Crippen MR) is 157 cm³/mol. The highest BCUT2D eigenvalue weighted by Gasteiger charge is 2.47. The first-order chi connectivity index (χ1) is 19.3. The van der Waals surface area contributed by atoms with Gasteiger partial charge in [-0.25, -0.2) is 0 Å². The molecule has 8 heteroatoms. The van der Waals surface area contributed by atoms with E-state index in [2.05, 4.69) is 5.32 Å². The number of phenolic OH excluding ortho intramolecular Hbond substituents is 1. The Kier molecular flexibility index (Phi) is 8.87. The lowest BCUT2D eigenvalue weighted by Gasteiger charge is -2.52. The van der Waals surface area contributed by atoms with E-state index in [4.69, 9.17) is 27.9 Å². The van der Waals surface area contributed by atoms with Crippen LogP contribution in [0.4, 0.5) is 0 Å². The highest BCUT2D eigenvalue weighted by molar-refractivity contribution is 6.42. The topological polar surface area (TPSA) is 78.9 Å². The van der Waals surface area contributed by atoms with Crippen LogP contribution in [0.25, 0.3) is 0 Å². The third kappa shape index (κ3) is 6.39. The monoisotopic (exact) mass is 580 g/mol. The number of nitrogens with one attached hydrogen (secondary N) is 1. The molecule has 0 heterocycles. The highest BCUT2D eigenvalue weighted by Crippen LogP contribution is 2.49. The Balaban J connectivity index is 1.44. The lowest BCUT2D eigenvalue weighted by atomic mass is 9.62. The first kappa shape index (κ1) is 28.3. The van der Waals surface area contributed by atoms with Gasteiger partial charge in [-0.15, -0.1) is 0 Å². The minimum absolute atomic E-state index is 0.0245. The molecule has 0 aromatic heterocycles. The average molecular weight is 582 g/mol. The average Bonchev–Trinajstić information content (AvgIpc) is 2.95. The predicted octanol–water partition coefficient (Wildman–Crippen LogP) is 6.72. The van der Waals surface area contributed by atoms with Gasteiger partial charge < -0.3 is 20.1 Å². The molecule has 3 aromatic rings. The van der Waals surface area contributed by atoms with Gasteiger partial charge in [-0.1, -0.05) is 53.5 Å². The second-order valence-corrected chi connectivity index (χ2v) is 11.7. The molecule has 210 valence electrons. The molecule has 0 spiro atoms. The normalized spacial score (nSPS) is 20.2. The van der Waals surface area contributed by atoms with Gasteiger partial charge in [0.2, 0.25) is 11.8 Å². The van der Waals surface area contributed by atoms with Crippen LogP contribution >= 0.6 is 23.2 Å². The molecule has 2 atom stereocenters. The summed E-state index contributed by atoms with van der Waals surface area (Å²) in [6.07, 6.45) is 4.88. The first-order valence-electron chi connectivity index (χ1n) is 13.8. The molecule has 3 aromatic carbocycles. The van der Waals surface area contributed by atoms with Crippen molar-refractivity contribution in [2.24, 2.45) is 11.8 Å². The zero-order valence-corrected chi connectivity index (χ0v) is 24.0. The molecule has 2 N–H and O–H groups in total. The summed E-state index contributed by atoms with van der Waals surface area (Å²) in [5, 5.41) is 13.5. The fourth-order valence-corrected chi connectivity index (χ4v) is 6.37. The molecule has 3 saturated carbocycles. The second kappa shape index (κ2) is 12.5. The third-order valence-corrected chi connectivity index (χ3v) is 9.05. The van der Waals surface area contributed by atoms with Crippen LogP contribution in [0.15, 0.2) is 66.7 Å². The Labute approximate surface area is 245 Å². The summed E-state index contributed by atoms with van der Waals surface area (Å²) < 4.78 is 5.24. The lowest BCUT2D eigenvalue weighted by Crippen LogP contribution is -2.55. The van der Waals surface area contributed by atoms with E-state index in [1.807, 2.05) is 41.3 Å². The minimum Gasteiger partial charge on any atom is -0.508 e. The van der Waals surface area contributed by atoms with E-state index in [0.29, 0.717) is 34.5 Å². The number of hydrogen-bond donors (Lipinski definition) is 2. The van der Waals surface area contributed by atoms with Gasteiger partial charge in [0.15, 0.2) is 0 Å². The molecule has 2 unspecified atom stereocenters. The van der Waals surface area contributed by atoms with Gasteiger partial charge >= 0.3 is 0 Å². The Morgan fingerprint density at radius 3 is 2.30 bits per heavy atom. The molecule has 3 aliphatic rings. The summed E-state index contributed by atoms with van der Waals surface area (Å²) >= 11 is 12.7. The number of halogens is 2. The van der Waals surface area contributed by atoms with Crippen molar-refractivity contribution in [3.05, 3.63) is 93.5 Å². The number of rotatable bonds is 10. The van der Waals surface area contributed by atoms with E-state index in [1.54, 1.807) is 37.4 Å². The Morgan fingerprint density at radius 1 is 0.975 bits per heavy atom. The van der Waals surface area contributed by atoms with Crippen molar-refractivity contribution in [2.75, 3.05) is 7.11 Å². The number of phenols is 1. The lowest BCUT2D eigenvalue weighted by molar-refractivity contribution is -0.149. The number of methoxy groups -OCH3 is 1. The van der Waals surface area contributed by atoms with Crippen LogP contribution in [0.1, 0.15) is 54.8 Å². The van der Waals surface area contributed by atoms with Crippen LogP contribution < -0.4 is 10.1 Å². The molecule has 3 aliphatic carbocycles. The zero-order chi connectivity index (χ0) is 28.2. The van der Waals surface area contributed by atoms with E-state index in [-0.39, 0.29) is 30.0 Å². The van der Waals surface area contributed by atoms with Crippen molar-refractivity contribution in [3.8, 4) is 11.5 Å². The fraction of sp³-hybridized carbons (Fsp3) is 0.375. The van der Waals surface area contributed by atoms with Crippen molar-refractivity contribution >= 4 is 35.0 Å². The molecule has 40 heavy (non-hydrogen) atoms. The van der Waals surface area contributed by atoms with Crippen LogP contribution in [-0.4, -0.2) is 35.0 Å².